The third-order valence-electron chi connectivity index (χ3n) is 4.66. The molecule has 2 N–H and O–H groups in total. The summed E-state index contributed by atoms with van der Waals surface area (Å²) in [6.45, 7) is 7.67. The molecule has 0 spiro atoms. The lowest BCUT2D eigenvalue weighted by Gasteiger charge is -2.24. The zero-order valence-electron chi connectivity index (χ0n) is 15.8. The summed E-state index contributed by atoms with van der Waals surface area (Å²) in [5, 5.41) is 6.83. The number of hydrogen-bond acceptors (Lipinski definition) is 4. The summed E-state index contributed by atoms with van der Waals surface area (Å²) >= 11 is 2.06. The molecule has 0 aromatic carbocycles. The van der Waals surface area contributed by atoms with E-state index in [2.05, 4.69) is 47.3 Å². The van der Waals surface area contributed by atoms with Crippen LogP contribution in [0.25, 0.3) is 0 Å². The first kappa shape index (κ1) is 21.6. The van der Waals surface area contributed by atoms with Gasteiger partial charge >= 0.3 is 0 Å². The molecule has 26 heavy (non-hydrogen) atoms. The van der Waals surface area contributed by atoms with Crippen LogP contribution < -0.4 is 15.4 Å². The van der Waals surface area contributed by atoms with Crippen LogP contribution in [0.15, 0.2) is 23.3 Å². The zero-order chi connectivity index (χ0) is 17.5. The Balaban J connectivity index is 0.00000243. The number of aliphatic imine (C=N–C) groups is 1. The highest BCUT2D eigenvalue weighted by atomic mass is 127. The standard InChI is InChI=1S/C19H30N4OS.HI/c1-3-20-18(23-14-19(2)9-4-10-25-19)22-12-16-7-8-17(21-11-16)24-13-15-5-6-15;/h7-8,11,15H,3-6,9-10,12-14H2,1-2H3,(H2,20,22,23);1H. The second-order valence-corrected chi connectivity index (χ2v) is 8.89. The maximum Gasteiger partial charge on any atom is 0.213 e. The van der Waals surface area contributed by atoms with Gasteiger partial charge in [-0.1, -0.05) is 6.07 Å². The second-order valence-electron chi connectivity index (χ2n) is 7.21. The molecule has 1 unspecified atom stereocenters. The van der Waals surface area contributed by atoms with Crippen molar-refractivity contribution in [1.82, 2.24) is 15.6 Å². The first-order valence-electron chi connectivity index (χ1n) is 9.41. The Morgan fingerprint density at radius 1 is 1.38 bits per heavy atom. The Morgan fingerprint density at radius 2 is 2.23 bits per heavy atom. The Hall–Kier alpha value is -0.700. The molecule has 1 aliphatic heterocycles. The molecule has 2 fully saturated rings. The van der Waals surface area contributed by atoms with E-state index < -0.39 is 0 Å². The van der Waals surface area contributed by atoms with Crippen LogP contribution in [0.5, 0.6) is 5.88 Å². The topological polar surface area (TPSA) is 58.5 Å². The van der Waals surface area contributed by atoms with E-state index in [1.165, 1.54) is 31.4 Å². The summed E-state index contributed by atoms with van der Waals surface area (Å²) in [5.74, 6) is 3.62. The van der Waals surface area contributed by atoms with E-state index >= 15 is 0 Å². The molecule has 3 rings (SSSR count). The van der Waals surface area contributed by atoms with Gasteiger partial charge in [0.25, 0.3) is 0 Å². The van der Waals surface area contributed by atoms with Gasteiger partial charge in [-0.2, -0.15) is 11.8 Å². The van der Waals surface area contributed by atoms with Crippen molar-refractivity contribution in [2.45, 2.75) is 50.8 Å². The number of nitrogens with one attached hydrogen (secondary N) is 2. The molecule has 1 atom stereocenters. The van der Waals surface area contributed by atoms with Crippen molar-refractivity contribution in [2.24, 2.45) is 10.9 Å². The van der Waals surface area contributed by atoms with Crippen molar-refractivity contribution in [1.29, 1.82) is 0 Å². The van der Waals surface area contributed by atoms with Crippen LogP contribution in [0, 0.1) is 5.92 Å². The molecule has 1 aromatic heterocycles. The van der Waals surface area contributed by atoms with Gasteiger partial charge in [0.15, 0.2) is 5.96 Å². The van der Waals surface area contributed by atoms with Gasteiger partial charge in [-0.3, -0.25) is 0 Å². The third kappa shape index (κ3) is 7.13. The highest BCUT2D eigenvalue weighted by molar-refractivity contribution is 14.0. The number of aromatic nitrogens is 1. The number of thioether (sulfide) groups is 1. The van der Waals surface area contributed by atoms with Crippen molar-refractivity contribution in [3.8, 4) is 5.88 Å². The average Bonchev–Trinajstić information content (AvgIpc) is 3.36. The van der Waals surface area contributed by atoms with Gasteiger partial charge in [0.1, 0.15) is 0 Å². The highest BCUT2D eigenvalue weighted by Crippen LogP contribution is 2.36. The van der Waals surface area contributed by atoms with Crippen molar-refractivity contribution in [3.05, 3.63) is 23.9 Å². The van der Waals surface area contributed by atoms with E-state index in [9.17, 15) is 0 Å². The van der Waals surface area contributed by atoms with Crippen molar-refractivity contribution in [3.63, 3.8) is 0 Å². The molecule has 146 valence electrons. The summed E-state index contributed by atoms with van der Waals surface area (Å²) in [6.07, 6.45) is 7.05. The van der Waals surface area contributed by atoms with E-state index in [1.807, 2.05) is 12.3 Å². The summed E-state index contributed by atoms with van der Waals surface area (Å²) in [4.78, 5) is 9.08. The number of guanidine groups is 1. The lowest BCUT2D eigenvalue weighted by atomic mass is 10.1. The summed E-state index contributed by atoms with van der Waals surface area (Å²) < 4.78 is 6.01. The quantitative estimate of drug-likeness (QED) is 0.330. The molecule has 0 bridgehead atoms. The molecule has 1 saturated heterocycles. The fraction of sp³-hybridized carbons (Fsp3) is 0.684. The van der Waals surface area contributed by atoms with Crippen LogP contribution in [0.3, 0.4) is 0 Å². The summed E-state index contributed by atoms with van der Waals surface area (Å²) in [5.41, 5.74) is 1.09. The molecule has 1 saturated carbocycles. The molecule has 0 radical (unpaired) electrons. The van der Waals surface area contributed by atoms with Crippen LogP contribution in [0.4, 0.5) is 0 Å². The van der Waals surface area contributed by atoms with Crippen LogP contribution in [-0.4, -0.2) is 41.1 Å². The van der Waals surface area contributed by atoms with E-state index in [4.69, 9.17) is 9.73 Å². The van der Waals surface area contributed by atoms with Crippen LogP contribution in [0.1, 0.15) is 45.1 Å². The van der Waals surface area contributed by atoms with Gasteiger partial charge < -0.3 is 15.4 Å². The first-order chi connectivity index (χ1) is 12.2. The number of pyridine rings is 1. The van der Waals surface area contributed by atoms with E-state index in [1.54, 1.807) is 0 Å². The van der Waals surface area contributed by atoms with E-state index in [0.717, 1.165) is 43.0 Å². The number of nitrogens with zero attached hydrogens (tertiary/aromatic N) is 2. The summed E-state index contributed by atoms with van der Waals surface area (Å²) in [6, 6.07) is 4.00. The van der Waals surface area contributed by atoms with Crippen LogP contribution >= 0.6 is 35.7 Å². The molecular formula is C19H31IN4OS. The minimum atomic E-state index is 0. The second kappa shape index (κ2) is 10.6. The lowest BCUT2D eigenvalue weighted by molar-refractivity contribution is 0.288. The molecule has 5 nitrogen and oxygen atoms in total. The molecule has 2 heterocycles. The fourth-order valence-corrected chi connectivity index (χ4v) is 4.08. The van der Waals surface area contributed by atoms with Gasteiger partial charge in [-0.25, -0.2) is 9.98 Å². The SMILES string of the molecule is CCNC(=NCc1ccc(OCC2CC2)nc1)NCC1(C)CCCS1.I. The minimum Gasteiger partial charge on any atom is -0.477 e. The Labute approximate surface area is 178 Å². The van der Waals surface area contributed by atoms with Crippen molar-refractivity contribution in [2.75, 3.05) is 25.4 Å². The smallest absolute Gasteiger partial charge is 0.213 e. The molecule has 1 aromatic rings. The maximum absolute atomic E-state index is 5.68. The Bertz CT molecular complexity index is 571. The van der Waals surface area contributed by atoms with Crippen molar-refractivity contribution >= 4 is 41.7 Å². The average molecular weight is 490 g/mol. The predicted octanol–water partition coefficient (Wildman–Crippen LogP) is 3.83. The van der Waals surface area contributed by atoms with Gasteiger partial charge in [-0.05, 0) is 56.8 Å². The van der Waals surface area contributed by atoms with Crippen LogP contribution in [-0.2, 0) is 6.54 Å². The van der Waals surface area contributed by atoms with Crippen molar-refractivity contribution < 1.29 is 4.74 Å². The fourth-order valence-electron chi connectivity index (χ4n) is 2.84. The van der Waals surface area contributed by atoms with Gasteiger partial charge in [0.05, 0.1) is 13.2 Å². The maximum atomic E-state index is 5.68. The molecule has 7 heteroatoms. The number of hydrogen-bond donors (Lipinski definition) is 2. The number of ether oxygens (including phenoxy) is 1. The minimum absolute atomic E-state index is 0. The number of halogens is 1. The van der Waals surface area contributed by atoms with E-state index in [-0.39, 0.29) is 24.0 Å². The molecule has 2 aliphatic rings. The largest absolute Gasteiger partial charge is 0.477 e. The molecule has 1 aliphatic carbocycles. The Morgan fingerprint density at radius 3 is 2.85 bits per heavy atom. The Kier molecular flexibility index (Phi) is 8.79. The summed E-state index contributed by atoms with van der Waals surface area (Å²) in [7, 11) is 0. The van der Waals surface area contributed by atoms with Crippen LogP contribution in [0.2, 0.25) is 0 Å². The van der Waals surface area contributed by atoms with E-state index in [0.29, 0.717) is 11.3 Å². The monoisotopic (exact) mass is 490 g/mol. The third-order valence-corrected chi connectivity index (χ3v) is 6.19. The first-order valence-corrected chi connectivity index (χ1v) is 10.4. The lowest BCUT2D eigenvalue weighted by Crippen LogP contribution is -2.43. The zero-order valence-corrected chi connectivity index (χ0v) is 18.9. The number of rotatable bonds is 8. The predicted molar refractivity (Wildman–Crippen MR) is 121 cm³/mol. The van der Waals surface area contributed by atoms with Gasteiger partial charge in [0.2, 0.25) is 5.88 Å². The normalized spacial score (nSPS) is 22.6. The highest BCUT2D eigenvalue weighted by Gasteiger charge is 2.29. The molecular weight excluding hydrogens is 459 g/mol. The van der Waals surface area contributed by atoms with Gasteiger partial charge in [-0.15, -0.1) is 24.0 Å². The van der Waals surface area contributed by atoms with Gasteiger partial charge in [0, 0.05) is 30.1 Å². The molecule has 0 amide bonds.